The van der Waals surface area contributed by atoms with Crippen molar-refractivity contribution in [2.24, 2.45) is 0 Å². The highest BCUT2D eigenvalue weighted by Crippen LogP contribution is 2.42. The summed E-state index contributed by atoms with van der Waals surface area (Å²) >= 11 is 3.44. The summed E-state index contributed by atoms with van der Waals surface area (Å²) in [4.78, 5) is 12.4. The van der Waals surface area contributed by atoms with Gasteiger partial charge in [0.1, 0.15) is 5.82 Å². The molecule has 1 aromatic heterocycles. The average molecular weight is 428 g/mol. The molecule has 2 heterocycles. The first-order valence-electron chi connectivity index (χ1n) is 8.50. The van der Waals surface area contributed by atoms with Gasteiger partial charge < -0.3 is 15.2 Å². The number of fused-ring (bicyclic) bond motifs is 1. The molecule has 2 aromatic carbocycles. The fraction of sp³-hybridized carbons (Fsp3) is 0.200. The van der Waals surface area contributed by atoms with Crippen LogP contribution < -0.4 is 10.1 Å². The van der Waals surface area contributed by atoms with E-state index in [9.17, 15) is 9.90 Å². The van der Waals surface area contributed by atoms with E-state index in [1.807, 2.05) is 37.3 Å². The van der Waals surface area contributed by atoms with Crippen molar-refractivity contribution in [3.8, 4) is 17.2 Å². The summed E-state index contributed by atoms with van der Waals surface area (Å²) < 4.78 is 7.97. The molecular formula is C20H18BrN3O3. The molecular weight excluding hydrogens is 410 g/mol. The fourth-order valence-corrected chi connectivity index (χ4v) is 3.78. The van der Waals surface area contributed by atoms with Crippen molar-refractivity contribution in [1.29, 1.82) is 0 Å². The maximum atomic E-state index is 12.4. The van der Waals surface area contributed by atoms with Crippen LogP contribution in [0.4, 0.5) is 5.82 Å². The Bertz CT molecular complexity index is 1030. The third kappa shape index (κ3) is 3.08. The summed E-state index contributed by atoms with van der Waals surface area (Å²) in [6.45, 7) is 1.94. The number of carbonyl (C=O) groups is 1. The summed E-state index contributed by atoms with van der Waals surface area (Å²) in [7, 11) is 1.51. The first-order chi connectivity index (χ1) is 13.0. The highest BCUT2D eigenvalue weighted by molar-refractivity contribution is 9.10. The number of halogens is 1. The lowest BCUT2D eigenvalue weighted by Gasteiger charge is -2.25. The van der Waals surface area contributed by atoms with Gasteiger partial charge in [0, 0.05) is 22.4 Å². The zero-order valence-electron chi connectivity index (χ0n) is 14.9. The first-order valence-corrected chi connectivity index (χ1v) is 9.29. The third-order valence-corrected chi connectivity index (χ3v) is 5.31. The van der Waals surface area contributed by atoms with Crippen molar-refractivity contribution < 1.29 is 14.6 Å². The van der Waals surface area contributed by atoms with Gasteiger partial charge in [0.2, 0.25) is 5.91 Å². The first kappa shape index (κ1) is 17.6. The standard InChI is InChI=1S/C20H18BrN3O3/c1-11-19-15(12-3-8-16(25)17(9-12)27-2)10-18(26)22-20(19)24(23-11)14-6-4-13(21)5-7-14/h3-9,15,25H,10H2,1-2H3,(H,22,26). The zero-order valence-corrected chi connectivity index (χ0v) is 16.4. The van der Waals surface area contributed by atoms with Gasteiger partial charge in [0.25, 0.3) is 0 Å². The minimum Gasteiger partial charge on any atom is -0.504 e. The van der Waals surface area contributed by atoms with Crippen LogP contribution in [0, 0.1) is 6.92 Å². The van der Waals surface area contributed by atoms with E-state index >= 15 is 0 Å². The van der Waals surface area contributed by atoms with E-state index in [1.165, 1.54) is 7.11 Å². The van der Waals surface area contributed by atoms with E-state index in [1.54, 1.807) is 16.8 Å². The number of phenols is 1. The number of carbonyl (C=O) groups excluding carboxylic acids is 1. The lowest BCUT2D eigenvalue weighted by atomic mass is 9.85. The zero-order chi connectivity index (χ0) is 19.1. The molecule has 0 spiro atoms. The van der Waals surface area contributed by atoms with Crippen LogP contribution in [0.25, 0.3) is 5.69 Å². The smallest absolute Gasteiger partial charge is 0.226 e. The number of aryl methyl sites for hydroxylation is 1. The van der Waals surface area contributed by atoms with Gasteiger partial charge in [-0.2, -0.15) is 5.10 Å². The van der Waals surface area contributed by atoms with Crippen LogP contribution in [-0.4, -0.2) is 27.9 Å². The molecule has 0 saturated heterocycles. The molecule has 0 fully saturated rings. The number of anilines is 1. The van der Waals surface area contributed by atoms with E-state index in [0.717, 1.165) is 27.0 Å². The number of nitrogens with one attached hydrogen (secondary N) is 1. The summed E-state index contributed by atoms with van der Waals surface area (Å²) in [6.07, 6.45) is 0.313. The Morgan fingerprint density at radius 2 is 2.00 bits per heavy atom. The monoisotopic (exact) mass is 427 g/mol. The largest absolute Gasteiger partial charge is 0.504 e. The fourth-order valence-electron chi connectivity index (χ4n) is 3.51. The Morgan fingerprint density at radius 1 is 1.26 bits per heavy atom. The molecule has 1 unspecified atom stereocenters. The van der Waals surface area contributed by atoms with Crippen molar-refractivity contribution in [1.82, 2.24) is 9.78 Å². The minimum absolute atomic E-state index is 0.0715. The van der Waals surface area contributed by atoms with Gasteiger partial charge in [-0.3, -0.25) is 4.79 Å². The predicted octanol–water partition coefficient (Wildman–Crippen LogP) is 4.13. The second kappa shape index (κ2) is 6.74. The molecule has 27 heavy (non-hydrogen) atoms. The topological polar surface area (TPSA) is 76.4 Å². The van der Waals surface area contributed by atoms with Crippen molar-refractivity contribution >= 4 is 27.7 Å². The van der Waals surface area contributed by atoms with E-state index in [0.29, 0.717) is 18.0 Å². The van der Waals surface area contributed by atoms with E-state index in [4.69, 9.17) is 4.74 Å². The molecule has 1 atom stereocenters. The second-order valence-corrected chi connectivity index (χ2v) is 7.39. The van der Waals surface area contributed by atoms with E-state index < -0.39 is 0 Å². The molecule has 0 bridgehead atoms. The lowest BCUT2D eigenvalue weighted by molar-refractivity contribution is -0.116. The Labute approximate surface area is 164 Å². The maximum absolute atomic E-state index is 12.4. The lowest BCUT2D eigenvalue weighted by Crippen LogP contribution is -2.25. The quantitative estimate of drug-likeness (QED) is 0.658. The molecule has 0 aliphatic carbocycles. The van der Waals surface area contributed by atoms with Crippen LogP contribution in [-0.2, 0) is 4.79 Å². The number of aromatic nitrogens is 2. The van der Waals surface area contributed by atoms with Crippen LogP contribution >= 0.6 is 15.9 Å². The third-order valence-electron chi connectivity index (χ3n) is 4.78. The summed E-state index contributed by atoms with van der Waals surface area (Å²) in [5.74, 6) is 0.912. The molecule has 1 aliphatic rings. The van der Waals surface area contributed by atoms with Gasteiger partial charge in [0.05, 0.1) is 18.5 Å². The highest BCUT2D eigenvalue weighted by Gasteiger charge is 2.33. The molecule has 3 aromatic rings. The molecule has 7 heteroatoms. The summed E-state index contributed by atoms with van der Waals surface area (Å²) in [5, 5.41) is 17.5. The van der Waals surface area contributed by atoms with Crippen LogP contribution in [0.2, 0.25) is 0 Å². The molecule has 4 rings (SSSR count). The van der Waals surface area contributed by atoms with E-state index in [-0.39, 0.29) is 17.6 Å². The number of amides is 1. The maximum Gasteiger partial charge on any atom is 0.226 e. The average Bonchev–Trinajstić information content (AvgIpc) is 2.98. The molecule has 0 radical (unpaired) electrons. The van der Waals surface area contributed by atoms with Crippen molar-refractivity contribution in [3.63, 3.8) is 0 Å². The second-order valence-electron chi connectivity index (χ2n) is 6.47. The number of methoxy groups -OCH3 is 1. The van der Waals surface area contributed by atoms with Crippen molar-refractivity contribution in [2.75, 3.05) is 12.4 Å². The number of nitrogens with zero attached hydrogens (tertiary/aromatic N) is 2. The predicted molar refractivity (Wildman–Crippen MR) is 106 cm³/mol. The Hall–Kier alpha value is -2.80. The normalized spacial score (nSPS) is 16.0. The molecule has 138 valence electrons. The molecule has 1 amide bonds. The van der Waals surface area contributed by atoms with Gasteiger partial charge in [-0.25, -0.2) is 4.68 Å². The van der Waals surface area contributed by atoms with Crippen molar-refractivity contribution in [3.05, 3.63) is 63.8 Å². The Morgan fingerprint density at radius 3 is 2.70 bits per heavy atom. The number of aromatic hydroxyl groups is 1. The SMILES string of the molecule is COc1cc(C2CC(=O)Nc3c2c(C)nn3-c2ccc(Br)cc2)ccc1O. The summed E-state index contributed by atoms with van der Waals surface area (Å²) in [6, 6.07) is 12.9. The number of hydrogen-bond donors (Lipinski definition) is 2. The van der Waals surface area contributed by atoms with Crippen LogP contribution in [0.5, 0.6) is 11.5 Å². The number of benzene rings is 2. The van der Waals surface area contributed by atoms with Crippen LogP contribution in [0.15, 0.2) is 46.9 Å². The Balaban J connectivity index is 1.85. The number of hydrogen-bond acceptors (Lipinski definition) is 4. The van der Waals surface area contributed by atoms with Gasteiger partial charge in [-0.05, 0) is 48.9 Å². The van der Waals surface area contributed by atoms with Gasteiger partial charge >= 0.3 is 0 Å². The molecule has 0 saturated carbocycles. The van der Waals surface area contributed by atoms with Crippen LogP contribution in [0.1, 0.15) is 29.2 Å². The minimum atomic E-state index is -0.160. The van der Waals surface area contributed by atoms with E-state index in [2.05, 4.69) is 26.3 Å². The Kier molecular flexibility index (Phi) is 4.39. The summed E-state index contributed by atoms with van der Waals surface area (Å²) in [5.41, 5.74) is 3.60. The number of ether oxygens (including phenoxy) is 1. The molecule has 6 nitrogen and oxygen atoms in total. The van der Waals surface area contributed by atoms with Gasteiger partial charge in [-0.1, -0.05) is 22.0 Å². The molecule has 1 aliphatic heterocycles. The molecule has 2 N–H and O–H groups in total. The number of rotatable bonds is 3. The van der Waals surface area contributed by atoms with Crippen LogP contribution in [0.3, 0.4) is 0 Å². The highest BCUT2D eigenvalue weighted by atomic mass is 79.9. The number of phenolic OH excluding ortho intramolecular Hbond substituents is 1. The van der Waals surface area contributed by atoms with Gasteiger partial charge in [-0.15, -0.1) is 0 Å². The van der Waals surface area contributed by atoms with Crippen molar-refractivity contribution in [2.45, 2.75) is 19.3 Å². The van der Waals surface area contributed by atoms with Gasteiger partial charge in [0.15, 0.2) is 11.5 Å².